The van der Waals surface area contributed by atoms with E-state index in [0.29, 0.717) is 0 Å². The highest BCUT2D eigenvalue weighted by molar-refractivity contribution is 6.35. The molecule has 8 rings (SSSR count). The van der Waals surface area contributed by atoms with Crippen molar-refractivity contribution in [1.29, 1.82) is 0 Å². The molecule has 0 bridgehead atoms. The maximum Gasteiger partial charge on any atom is 0.270 e. The van der Waals surface area contributed by atoms with Crippen LogP contribution in [0, 0.1) is 20.2 Å². The summed E-state index contributed by atoms with van der Waals surface area (Å²) in [5.74, 6) is -2.53. The van der Waals surface area contributed by atoms with Gasteiger partial charge in [-0.2, -0.15) is 0 Å². The van der Waals surface area contributed by atoms with E-state index in [4.69, 9.17) is 0 Å². The molecule has 256 valence electrons. The Morgan fingerprint density at radius 3 is 1.06 bits per heavy atom. The van der Waals surface area contributed by atoms with Gasteiger partial charge < -0.3 is 0 Å². The summed E-state index contributed by atoms with van der Waals surface area (Å²) >= 11 is 0. The number of anilines is 2. The third-order valence-electron chi connectivity index (χ3n) is 9.69. The van der Waals surface area contributed by atoms with Crippen LogP contribution in [0.15, 0.2) is 146 Å². The van der Waals surface area contributed by atoms with Crippen LogP contribution in [0.5, 0.6) is 0 Å². The molecule has 0 N–H and O–H groups in total. The maximum absolute atomic E-state index is 13.4. The van der Waals surface area contributed by atoms with Gasteiger partial charge in [0.1, 0.15) is 0 Å². The Kier molecular flexibility index (Phi) is 7.58. The molecule has 0 unspecified atom stereocenters. The van der Waals surface area contributed by atoms with Crippen molar-refractivity contribution in [3.8, 4) is 0 Å². The maximum atomic E-state index is 13.4. The second kappa shape index (κ2) is 12.3. The zero-order valence-electron chi connectivity index (χ0n) is 27.4. The molecule has 53 heavy (non-hydrogen) atoms. The SMILES string of the molecule is O=C1c2ccc([N+](=O)[O-])cc2C(=O)N1c1ccc(C(c2ccccc2)(c2ccccc2)c2ccc(N3C(=O)c4ccc([N+](=O)[O-])cc4C3=O)cc2)cc1. The van der Waals surface area contributed by atoms with E-state index in [1.807, 2.05) is 84.9 Å². The molecule has 6 aromatic rings. The number of hydrogen-bond donors (Lipinski definition) is 0. The molecule has 2 aliphatic rings. The van der Waals surface area contributed by atoms with E-state index in [0.717, 1.165) is 44.2 Å². The zero-order chi connectivity index (χ0) is 37.0. The number of carbonyl (C=O) groups excluding carboxylic acids is 4. The van der Waals surface area contributed by atoms with Crippen molar-refractivity contribution in [3.05, 3.63) is 210 Å². The first-order valence-electron chi connectivity index (χ1n) is 16.3. The Labute approximate surface area is 300 Å². The minimum Gasteiger partial charge on any atom is -0.268 e. The Morgan fingerprint density at radius 1 is 0.396 bits per heavy atom. The first-order chi connectivity index (χ1) is 25.6. The number of imide groups is 2. The molecule has 0 saturated heterocycles. The number of rotatable bonds is 8. The second-order valence-electron chi connectivity index (χ2n) is 12.4. The number of non-ortho nitro benzene ring substituents is 2. The molecule has 0 saturated carbocycles. The lowest BCUT2D eigenvalue weighted by Gasteiger charge is -2.37. The topological polar surface area (TPSA) is 161 Å². The van der Waals surface area contributed by atoms with Crippen LogP contribution < -0.4 is 9.80 Å². The Hall–Kier alpha value is -7.60. The number of benzene rings is 6. The number of fused-ring (bicyclic) bond motifs is 2. The first-order valence-corrected chi connectivity index (χ1v) is 16.3. The molecular weight excluding hydrogens is 676 g/mol. The number of nitrogens with zero attached hydrogens (tertiary/aromatic N) is 4. The number of amides is 4. The summed E-state index contributed by atoms with van der Waals surface area (Å²) < 4.78 is 0. The monoisotopic (exact) mass is 700 g/mol. The van der Waals surface area contributed by atoms with E-state index < -0.39 is 38.9 Å². The van der Waals surface area contributed by atoms with Gasteiger partial charge in [-0.15, -0.1) is 0 Å². The molecular formula is C41H24N4O8. The van der Waals surface area contributed by atoms with Crippen LogP contribution in [0.4, 0.5) is 22.7 Å². The fourth-order valence-electron chi connectivity index (χ4n) is 7.25. The van der Waals surface area contributed by atoms with Crippen molar-refractivity contribution in [2.24, 2.45) is 0 Å². The molecule has 6 aromatic carbocycles. The van der Waals surface area contributed by atoms with Crippen LogP contribution in [0.25, 0.3) is 0 Å². The second-order valence-corrected chi connectivity index (χ2v) is 12.4. The molecule has 12 heteroatoms. The molecule has 0 radical (unpaired) electrons. The van der Waals surface area contributed by atoms with E-state index in [9.17, 15) is 39.4 Å². The van der Waals surface area contributed by atoms with Gasteiger partial charge in [0, 0.05) is 24.3 Å². The summed E-state index contributed by atoms with van der Waals surface area (Å²) in [6, 6.07) is 40.3. The highest BCUT2D eigenvalue weighted by atomic mass is 16.6. The predicted octanol–water partition coefficient (Wildman–Crippen LogP) is 7.49. The highest BCUT2D eigenvalue weighted by Crippen LogP contribution is 2.46. The third-order valence-corrected chi connectivity index (χ3v) is 9.69. The Morgan fingerprint density at radius 2 is 0.717 bits per heavy atom. The molecule has 0 aromatic heterocycles. The van der Waals surface area contributed by atoms with Crippen molar-refractivity contribution in [2.75, 3.05) is 9.80 Å². The fraction of sp³-hybridized carbons (Fsp3) is 0.0244. The van der Waals surface area contributed by atoms with Gasteiger partial charge in [0.25, 0.3) is 35.0 Å². The summed E-state index contributed by atoms with van der Waals surface area (Å²) in [7, 11) is 0. The minimum absolute atomic E-state index is 0.0485. The number of hydrogen-bond acceptors (Lipinski definition) is 8. The van der Waals surface area contributed by atoms with Gasteiger partial charge in [-0.05, 0) is 58.7 Å². The predicted molar refractivity (Wildman–Crippen MR) is 193 cm³/mol. The molecule has 2 aliphatic heterocycles. The van der Waals surface area contributed by atoms with Gasteiger partial charge >= 0.3 is 0 Å². The van der Waals surface area contributed by atoms with E-state index in [-0.39, 0.29) is 45.0 Å². The van der Waals surface area contributed by atoms with Gasteiger partial charge in [0.2, 0.25) is 0 Å². The van der Waals surface area contributed by atoms with Gasteiger partial charge in [0.05, 0.1) is 48.9 Å². The average Bonchev–Trinajstić information content (AvgIpc) is 3.59. The van der Waals surface area contributed by atoms with Crippen molar-refractivity contribution in [1.82, 2.24) is 0 Å². The van der Waals surface area contributed by atoms with Crippen molar-refractivity contribution >= 4 is 46.4 Å². The molecule has 0 fully saturated rings. The molecule has 4 amide bonds. The first kappa shape index (κ1) is 32.6. The van der Waals surface area contributed by atoms with Crippen molar-refractivity contribution in [3.63, 3.8) is 0 Å². The van der Waals surface area contributed by atoms with Crippen LogP contribution in [0.2, 0.25) is 0 Å². The summed E-state index contributed by atoms with van der Waals surface area (Å²) in [6.45, 7) is 0. The van der Waals surface area contributed by atoms with Crippen LogP contribution in [0.1, 0.15) is 63.7 Å². The van der Waals surface area contributed by atoms with E-state index in [1.54, 1.807) is 24.3 Å². The lowest BCUT2D eigenvalue weighted by molar-refractivity contribution is -0.385. The van der Waals surface area contributed by atoms with Gasteiger partial charge in [-0.25, -0.2) is 9.80 Å². The quantitative estimate of drug-likeness (QED) is 0.0683. The van der Waals surface area contributed by atoms with Gasteiger partial charge in [-0.3, -0.25) is 39.4 Å². The number of nitro benzene ring substituents is 2. The zero-order valence-corrected chi connectivity index (χ0v) is 27.4. The summed E-state index contributed by atoms with van der Waals surface area (Å²) in [6.07, 6.45) is 0. The summed E-state index contributed by atoms with van der Waals surface area (Å²) in [4.78, 5) is 77.1. The van der Waals surface area contributed by atoms with E-state index in [1.165, 1.54) is 24.3 Å². The van der Waals surface area contributed by atoms with Crippen LogP contribution >= 0.6 is 0 Å². The Balaban J connectivity index is 1.23. The minimum atomic E-state index is -0.995. The standard InChI is InChI=1S/C41H24N4O8/c46-37-33-21-19-31(44(50)51)23-35(33)39(48)42(37)29-15-11-27(12-16-29)41(25-7-3-1-4-8-25,26-9-5-2-6-10-26)28-13-17-30(18-14-28)43-38(47)34-22-20-32(45(52)53)24-36(34)40(43)49/h1-24H. The van der Waals surface area contributed by atoms with Gasteiger partial charge in [0.15, 0.2) is 0 Å². The van der Waals surface area contributed by atoms with Crippen molar-refractivity contribution < 1.29 is 29.0 Å². The third kappa shape index (κ3) is 5.00. The normalized spacial score (nSPS) is 13.7. The van der Waals surface area contributed by atoms with Crippen molar-refractivity contribution in [2.45, 2.75) is 5.41 Å². The molecule has 2 heterocycles. The van der Waals surface area contributed by atoms with Crippen LogP contribution in [-0.4, -0.2) is 33.5 Å². The molecule has 12 nitrogen and oxygen atoms in total. The largest absolute Gasteiger partial charge is 0.270 e. The van der Waals surface area contributed by atoms with Gasteiger partial charge in [-0.1, -0.05) is 84.9 Å². The Bertz CT molecular complexity index is 2360. The summed E-state index contributed by atoms with van der Waals surface area (Å²) in [5, 5.41) is 22.7. The fourth-order valence-corrected chi connectivity index (χ4v) is 7.25. The number of nitro groups is 2. The lowest BCUT2D eigenvalue weighted by Crippen LogP contribution is -2.32. The number of carbonyl (C=O) groups is 4. The lowest BCUT2D eigenvalue weighted by atomic mass is 9.65. The van der Waals surface area contributed by atoms with E-state index >= 15 is 0 Å². The smallest absolute Gasteiger partial charge is 0.268 e. The van der Waals surface area contributed by atoms with Crippen LogP contribution in [0.3, 0.4) is 0 Å². The molecule has 0 aliphatic carbocycles. The molecule has 0 spiro atoms. The van der Waals surface area contributed by atoms with E-state index in [2.05, 4.69) is 0 Å². The molecule has 0 atom stereocenters. The highest BCUT2D eigenvalue weighted by Gasteiger charge is 2.42. The van der Waals surface area contributed by atoms with Crippen LogP contribution in [-0.2, 0) is 5.41 Å². The average molecular weight is 701 g/mol. The summed E-state index contributed by atoms with van der Waals surface area (Å²) in [5.41, 5.74) is 2.26.